The molecule has 0 aromatic rings. The van der Waals surface area contributed by atoms with Crippen LogP contribution in [0.5, 0.6) is 0 Å². The number of Topliss-reactive ketones (excluding diaryl/α,β-unsaturated/α-hetero) is 6. The highest BCUT2D eigenvalue weighted by molar-refractivity contribution is 6.05. The molecule has 16 saturated carbocycles. The number of hydrogen-bond acceptors (Lipinski definition) is 14. The van der Waals surface area contributed by atoms with Crippen LogP contribution in [0.1, 0.15) is 399 Å². The Labute approximate surface area is 870 Å². The van der Waals surface area contributed by atoms with Gasteiger partial charge in [-0.15, -0.1) is 0 Å². The summed E-state index contributed by atoms with van der Waals surface area (Å²) in [5.74, 6) is 1.26. The third-order valence-corrected chi connectivity index (χ3v) is 52.2. The number of hydrogen-bond donors (Lipinski definition) is 3. The second kappa shape index (κ2) is 34.0. The van der Waals surface area contributed by atoms with Gasteiger partial charge >= 0.3 is 11.9 Å². The fourth-order valence-corrected chi connectivity index (χ4v) is 43.5. The molecule has 0 bridgehead atoms. The van der Waals surface area contributed by atoms with Crippen LogP contribution in [0.4, 0.5) is 0 Å². The molecule has 19 nitrogen and oxygen atoms in total. The van der Waals surface area contributed by atoms with Crippen molar-refractivity contribution >= 4 is 58.8 Å². The first kappa shape index (κ1) is 109. The Hall–Kier alpha value is -7.06. The van der Waals surface area contributed by atoms with Crippen LogP contribution in [0.3, 0.4) is 0 Å². The van der Waals surface area contributed by atoms with Crippen LogP contribution in [0.2, 0.25) is 0 Å². The van der Waals surface area contributed by atoms with E-state index in [9.17, 15) is 58.2 Å². The van der Waals surface area contributed by atoms with E-state index in [1.165, 1.54) is 20.5 Å². The fraction of sp³-hybridized carbons (Fsp3) is 0.825. The topological polar surface area (TPSA) is 273 Å². The van der Waals surface area contributed by atoms with Gasteiger partial charge in [-0.3, -0.25) is 24.0 Å². The molecule has 16 fully saturated rings. The lowest BCUT2D eigenvalue weighted by molar-refractivity contribution is -0.260. The van der Waals surface area contributed by atoms with Crippen LogP contribution in [-0.2, 0) is 57.4 Å². The van der Waals surface area contributed by atoms with Gasteiger partial charge in [-0.1, -0.05) is 218 Å². The zero-order valence-electron chi connectivity index (χ0n) is 94.6. The molecule has 20 aliphatic rings. The van der Waals surface area contributed by atoms with Gasteiger partial charge in [0.05, 0.1) is 69.0 Å². The molecule has 0 unspecified atom stereocenters. The standard InChI is InChI=1S/2C32H47NO4.C31H44N2O3.C31H43NO3/c2*1-27(2)12-14-32(26(36)37-9)15-13-31(7)24(19(32)17-27)21(34)16-23-29(5)18-20(33-8)25(35)28(3,4)22(29)10-11-30(23,31)6;1-26(2)11-13-31(25(32)36)14-12-30(7)23(18(31)16-26)20(34)15-22-28(5)17-19(33-8)24(35)27(3,4)21(28)9-10-29(22,30)6;1-26(2)11-13-31(18-33)14-12-30(7)24(19(31)16-26)21(34)15-23-28(5)17-20(32-8)25(35)27(3,4)22(28)9-10-29(23,30)6/h2*18-19,21-24,34H,10-17H2,1-7,9H3;17-18,21-23H,9-16H2,1-7H3,(H2,32,36);17-19,22-24H,9-16H2,1-7H3/t19-,21+,22-,23+,24-,29-,30+,31+,32-;19-,21-,22-,23+,24-,29-,30+,31+,32-;18-,21-,22+,23-,28-,29+,30+,31-;19-,22-,23+,24-,28-,29+,30+,31+/m0000/s1. The van der Waals surface area contributed by atoms with Crippen molar-refractivity contribution in [2.45, 2.75) is 412 Å². The lowest BCUT2D eigenvalue weighted by Crippen LogP contribution is -2.70. The van der Waals surface area contributed by atoms with Crippen molar-refractivity contribution in [2.75, 3.05) is 14.2 Å². The molecule has 0 saturated heterocycles. The molecular formula is C126H181N5O14. The molecule has 794 valence electrons. The summed E-state index contributed by atoms with van der Waals surface area (Å²) in [6.07, 6.45) is 36.0. The molecule has 0 radical (unpaired) electrons. The van der Waals surface area contributed by atoms with E-state index in [1.54, 1.807) is 0 Å². The van der Waals surface area contributed by atoms with Crippen LogP contribution < -0.4 is 5.73 Å². The number of aliphatic hydroxyl groups excluding tert-OH is 2. The number of rotatable bonds is 4. The zero-order chi connectivity index (χ0) is 107. The van der Waals surface area contributed by atoms with Crippen molar-refractivity contribution in [1.29, 1.82) is 0 Å². The summed E-state index contributed by atoms with van der Waals surface area (Å²) < 4.78 is 10.9. The number of esters is 2. The van der Waals surface area contributed by atoms with Gasteiger partial charge < -0.3 is 49.4 Å². The largest absolute Gasteiger partial charge is 0.469 e. The molecule has 1 amide bonds. The van der Waals surface area contributed by atoms with Gasteiger partial charge in [0.25, 0.3) is 0 Å². The average molecular weight is 1990 g/mol. The molecule has 0 aromatic carbocycles. The van der Waals surface area contributed by atoms with Crippen LogP contribution in [0.15, 0.2) is 47.1 Å². The minimum absolute atomic E-state index is 0.00739. The Morgan fingerprint density at radius 2 is 0.572 bits per heavy atom. The predicted molar refractivity (Wildman–Crippen MR) is 561 cm³/mol. The summed E-state index contributed by atoms with van der Waals surface area (Å²) in [5.41, 5.74) is 0.915. The molecule has 0 aliphatic heterocycles. The second-order valence-corrected chi connectivity index (χ2v) is 61.2. The molecule has 20 aliphatic carbocycles. The molecule has 0 aromatic heterocycles. The lowest BCUT2D eigenvalue weighted by atomic mass is 9.31. The molecule has 0 spiro atoms. The Morgan fingerprint density at radius 3 is 0.876 bits per heavy atom. The number of carbonyl (C=O) groups excluding carboxylic acids is 10. The van der Waals surface area contributed by atoms with E-state index in [0.717, 1.165) is 180 Å². The number of ether oxygens (including phenoxy) is 2. The smallest absolute Gasteiger partial charge is 0.312 e. The zero-order valence-corrected chi connectivity index (χ0v) is 94.6. The normalized spacial score (nSPS) is 49.6. The number of fused-ring (bicyclic) bond motifs is 28. The Balaban J connectivity index is 0.000000132. The monoisotopic (exact) mass is 1990 g/mol. The average Bonchev–Trinajstić information content (AvgIpc) is 0.678. The predicted octanol–water partition coefficient (Wildman–Crippen LogP) is 26.2. The summed E-state index contributed by atoms with van der Waals surface area (Å²) >= 11 is 0. The van der Waals surface area contributed by atoms with Crippen molar-refractivity contribution in [3.05, 3.63) is 92.8 Å². The first-order valence-electron chi connectivity index (χ1n) is 56.7. The maximum absolute atomic E-state index is 14.4. The van der Waals surface area contributed by atoms with Crippen molar-refractivity contribution < 1.29 is 67.6 Å². The van der Waals surface area contributed by atoms with Crippen LogP contribution >= 0.6 is 0 Å². The maximum Gasteiger partial charge on any atom is 0.312 e. The summed E-state index contributed by atoms with van der Waals surface area (Å²) in [5, 5.41) is 24.2. The third kappa shape index (κ3) is 14.6. The first-order chi connectivity index (χ1) is 66.7. The number of nitrogens with two attached hydrogens (primary N) is 1. The third-order valence-electron chi connectivity index (χ3n) is 52.2. The summed E-state index contributed by atoms with van der Waals surface area (Å²) in [6, 6.07) is 0. The van der Waals surface area contributed by atoms with Gasteiger partial charge in [-0.05, 0) is 362 Å². The number of carbonyl (C=O) groups is 10. The van der Waals surface area contributed by atoms with Gasteiger partial charge in [-0.25, -0.2) is 19.4 Å². The number of ketones is 6. The van der Waals surface area contributed by atoms with Gasteiger partial charge in [0.1, 0.15) is 17.9 Å². The Kier molecular flexibility index (Phi) is 25.6. The van der Waals surface area contributed by atoms with Gasteiger partial charge in [0.15, 0.2) is 23.1 Å². The number of methoxy groups -OCH3 is 2. The van der Waals surface area contributed by atoms with Crippen LogP contribution in [0, 0.1) is 251 Å². The number of primary amides is 1. The second-order valence-electron chi connectivity index (χ2n) is 61.2. The van der Waals surface area contributed by atoms with Crippen LogP contribution in [0.25, 0.3) is 19.4 Å². The minimum Gasteiger partial charge on any atom is -0.469 e. The number of allylic oxidation sites excluding steroid dienone is 8. The Morgan fingerprint density at radius 1 is 0.324 bits per heavy atom. The van der Waals surface area contributed by atoms with Crippen molar-refractivity contribution in [2.24, 2.45) is 230 Å². The van der Waals surface area contributed by atoms with Gasteiger partial charge in [0, 0.05) is 51.8 Å². The molecule has 4 N–H and O–H groups in total. The van der Waals surface area contributed by atoms with Gasteiger partial charge in [0.2, 0.25) is 28.7 Å². The van der Waals surface area contributed by atoms with Crippen molar-refractivity contribution in [3.63, 3.8) is 0 Å². The summed E-state index contributed by atoms with van der Waals surface area (Å²) in [4.78, 5) is 149. The van der Waals surface area contributed by atoms with Gasteiger partial charge in [-0.2, -0.15) is 0 Å². The Bertz CT molecular complexity index is 5610. The molecule has 19 heteroatoms. The number of amides is 1. The van der Waals surface area contributed by atoms with E-state index in [4.69, 9.17) is 41.5 Å². The minimum atomic E-state index is -0.618. The van der Waals surface area contributed by atoms with E-state index >= 15 is 0 Å². The maximum atomic E-state index is 14.4. The van der Waals surface area contributed by atoms with Crippen molar-refractivity contribution in [3.8, 4) is 0 Å². The molecule has 0 heterocycles. The van der Waals surface area contributed by atoms with E-state index < -0.39 is 55.5 Å². The molecule has 34 atom stereocenters. The van der Waals surface area contributed by atoms with E-state index in [-0.39, 0.29) is 251 Å². The molecular weight excluding hydrogens is 1810 g/mol. The molecule has 145 heavy (non-hydrogen) atoms. The highest BCUT2D eigenvalue weighted by atomic mass is 16.5. The highest BCUT2D eigenvalue weighted by Crippen LogP contribution is 2.84. The lowest BCUT2D eigenvalue weighted by Gasteiger charge is -2.73. The first-order valence-corrected chi connectivity index (χ1v) is 56.7. The summed E-state index contributed by atoms with van der Waals surface area (Å²) in [6.45, 7) is 93.6. The quantitative estimate of drug-likeness (QED) is 0.134. The highest BCUT2D eigenvalue weighted by Gasteiger charge is 2.80. The van der Waals surface area contributed by atoms with E-state index in [0.29, 0.717) is 31.5 Å². The number of nitrogens with zero attached hydrogens (tertiary/aromatic N) is 4. The SMILES string of the molecule is [C-]#[N+]C1=C[C@]2(C)[C@H]3CC(=O)[C@@H]4[C@@H]5CC(C)(C)CC[C@]5(C(N)=O)CC[C@@]4(C)[C@]3(C)CC[C@H]2C(C)(C)C1=O.[C-]#[N+]C1=C[C@]2(C)[C@H]3CC(=O)[C@@H]4[C@@H]5CC(C)(C)CC[C@]5(C=O)CC[C@@]4(C)[C@]3(C)CC[C@H]2C(C)(C)C1=O.[C-]#[N+]C1=C[C@]2(C)[C@H]3C[C@@H](O)[C@@H]4[C@@H]5CC(C)(C)CC[C@]5(C(=O)OC)CC[C@@]4(C)[C@]3(C)CC[C@H]2C(C)(C)C1=O.[C-]#[N+]C1=C[C@]2(C)[C@H]3C[C@H](O)[C@@H]4[C@@H]5CC(C)(C)CC[C@]5(C(=O)OC)CC[C@@]4(C)[C@]3(C)CC[C@H]2C(C)(C)C1=O. The fourth-order valence-electron chi connectivity index (χ4n) is 43.5. The number of aldehydes is 1. The summed E-state index contributed by atoms with van der Waals surface area (Å²) in [7, 11) is 3.04. The van der Waals surface area contributed by atoms with E-state index in [2.05, 4.69) is 158 Å². The van der Waals surface area contributed by atoms with Crippen LogP contribution in [-0.4, -0.2) is 95.5 Å². The number of aliphatic hydroxyl groups is 2. The van der Waals surface area contributed by atoms with E-state index in [1.807, 2.05) is 79.7 Å². The van der Waals surface area contributed by atoms with Crippen molar-refractivity contribution in [1.82, 2.24) is 0 Å². The molecule has 20 rings (SSSR count).